The Morgan fingerprint density at radius 3 is 2.30 bits per heavy atom. The highest BCUT2D eigenvalue weighted by Gasteiger charge is 2.40. The van der Waals surface area contributed by atoms with Crippen LogP contribution in [0.3, 0.4) is 0 Å². The smallest absolute Gasteiger partial charge is 0.115 e. The normalized spacial score (nSPS) is 17.2. The van der Waals surface area contributed by atoms with Crippen LogP contribution in [0, 0.1) is 31.1 Å². The molecule has 2 radical (unpaired) electrons. The molecule has 128 valence electrons. The first-order valence-electron chi connectivity index (χ1n) is 9.07. The summed E-state index contributed by atoms with van der Waals surface area (Å²) in [7, 11) is 5.46. The Kier molecular flexibility index (Phi) is 8.32. The monoisotopic (exact) mass is 315 g/mol. The molecule has 0 saturated carbocycles. The molecule has 1 aliphatic rings. The van der Waals surface area contributed by atoms with E-state index in [-0.39, 0.29) is 0 Å². The lowest BCUT2D eigenvalue weighted by molar-refractivity contribution is -0.144. The predicted molar refractivity (Wildman–Crippen MR) is 100 cm³/mol. The summed E-state index contributed by atoms with van der Waals surface area (Å²) in [6.07, 6.45) is 7.14. The first-order valence-corrected chi connectivity index (χ1v) is 9.07. The van der Waals surface area contributed by atoms with Crippen LogP contribution in [0.2, 0.25) is 0 Å². The first kappa shape index (κ1) is 20.2. The lowest BCUT2D eigenvalue weighted by atomic mass is 9.71. The Hall–Kier alpha value is -0.825. The van der Waals surface area contributed by atoms with Crippen LogP contribution >= 0.6 is 0 Å². The van der Waals surface area contributed by atoms with Gasteiger partial charge in [0, 0.05) is 17.3 Å². The zero-order valence-electron chi connectivity index (χ0n) is 16.0. The molecule has 23 heavy (non-hydrogen) atoms. The van der Waals surface area contributed by atoms with E-state index >= 15 is 0 Å². The van der Waals surface area contributed by atoms with E-state index in [1.165, 1.54) is 25.7 Å². The van der Waals surface area contributed by atoms with E-state index in [4.69, 9.17) is 12.6 Å². The number of aryl methyl sites for hydroxylation is 2. The van der Waals surface area contributed by atoms with Gasteiger partial charge in [-0.25, -0.2) is 0 Å². The van der Waals surface area contributed by atoms with Crippen molar-refractivity contribution < 1.29 is 4.74 Å². The summed E-state index contributed by atoms with van der Waals surface area (Å²) in [5.74, 6) is 1.69. The number of hydrogen-bond donors (Lipinski definition) is 0. The molecule has 0 aliphatic carbocycles. The molecule has 1 atom stereocenters. The van der Waals surface area contributed by atoms with E-state index in [1.807, 2.05) is 19.9 Å². The van der Waals surface area contributed by atoms with E-state index in [2.05, 4.69) is 32.7 Å². The van der Waals surface area contributed by atoms with E-state index in [9.17, 15) is 0 Å². The first-order chi connectivity index (χ1) is 10.8. The Bertz CT molecular complexity index is 469. The average molecular weight is 315 g/mol. The second-order valence-corrected chi connectivity index (χ2v) is 7.59. The number of hydrogen-bond acceptors (Lipinski definition) is 2. The second-order valence-electron chi connectivity index (χ2n) is 7.59. The van der Waals surface area contributed by atoms with Gasteiger partial charge in [-0.05, 0) is 37.7 Å². The Morgan fingerprint density at radius 1 is 1.26 bits per heavy atom. The summed E-state index contributed by atoms with van der Waals surface area (Å²) < 4.78 is 5.38. The molecule has 2 rings (SSSR count). The fourth-order valence-electron chi connectivity index (χ4n) is 2.80. The summed E-state index contributed by atoms with van der Waals surface area (Å²) in [6.45, 7) is 15.3. The zero-order valence-corrected chi connectivity index (χ0v) is 16.0. The average Bonchev–Trinajstić information content (AvgIpc) is 2.46. The summed E-state index contributed by atoms with van der Waals surface area (Å²) in [6, 6.07) is 1.92. The Labute approximate surface area is 144 Å². The van der Waals surface area contributed by atoms with Crippen molar-refractivity contribution in [1.82, 2.24) is 4.98 Å². The zero-order chi connectivity index (χ0) is 17.5. The molecule has 1 unspecified atom stereocenters. The van der Waals surface area contributed by atoms with E-state index in [0.717, 1.165) is 41.8 Å². The molecule has 1 aliphatic heterocycles. The van der Waals surface area contributed by atoms with Gasteiger partial charge in [0.05, 0.1) is 13.2 Å². The van der Waals surface area contributed by atoms with Crippen LogP contribution in [0.25, 0.3) is 0 Å². The molecule has 3 heteroatoms. The van der Waals surface area contributed by atoms with Crippen molar-refractivity contribution in [2.75, 3.05) is 13.2 Å². The standard InChI is InChI=1S/C13H26O.C7H8BN/c1-5-12(4)7-6-8-13(11(2)3)9-14-10-13;1-5-3-7(8)4-9-6(5)2/h11-12H,5-10H2,1-4H3;3-4H,1-2H3. The molecule has 2 heterocycles. The van der Waals surface area contributed by atoms with Gasteiger partial charge < -0.3 is 4.74 Å². The topological polar surface area (TPSA) is 22.1 Å². The van der Waals surface area contributed by atoms with E-state index in [1.54, 1.807) is 6.20 Å². The minimum Gasteiger partial charge on any atom is -0.380 e. The van der Waals surface area contributed by atoms with Gasteiger partial charge in [-0.3, -0.25) is 4.98 Å². The summed E-state index contributed by atoms with van der Waals surface area (Å²) in [4.78, 5) is 4.05. The number of rotatable bonds is 6. The van der Waals surface area contributed by atoms with E-state index in [0.29, 0.717) is 5.41 Å². The quantitative estimate of drug-likeness (QED) is 0.727. The van der Waals surface area contributed by atoms with Crippen molar-refractivity contribution in [3.8, 4) is 0 Å². The van der Waals surface area contributed by atoms with Gasteiger partial charge in [0.1, 0.15) is 7.85 Å². The molecular weight excluding hydrogens is 281 g/mol. The maximum absolute atomic E-state index is 5.46. The minimum atomic E-state index is 0.535. The molecule has 1 fully saturated rings. The lowest BCUT2D eigenvalue weighted by Crippen LogP contribution is -2.46. The molecule has 0 bridgehead atoms. The largest absolute Gasteiger partial charge is 0.380 e. The maximum atomic E-state index is 5.46. The van der Waals surface area contributed by atoms with Crippen LogP contribution in [0.4, 0.5) is 0 Å². The molecule has 1 saturated heterocycles. The van der Waals surface area contributed by atoms with Gasteiger partial charge in [-0.2, -0.15) is 0 Å². The van der Waals surface area contributed by atoms with Gasteiger partial charge in [0.25, 0.3) is 0 Å². The van der Waals surface area contributed by atoms with Crippen molar-refractivity contribution in [2.24, 2.45) is 17.3 Å². The van der Waals surface area contributed by atoms with Crippen molar-refractivity contribution >= 4 is 13.3 Å². The number of ether oxygens (including phenoxy) is 1. The predicted octanol–water partition coefficient (Wildman–Crippen LogP) is 4.37. The third-order valence-corrected chi connectivity index (χ3v) is 5.43. The summed E-state index contributed by atoms with van der Waals surface area (Å²) in [5, 5.41) is 0. The highest BCUT2D eigenvalue weighted by atomic mass is 16.5. The third kappa shape index (κ3) is 6.29. The van der Waals surface area contributed by atoms with Gasteiger partial charge in [-0.1, -0.05) is 58.5 Å². The van der Waals surface area contributed by atoms with Gasteiger partial charge in [-0.15, -0.1) is 0 Å². The highest BCUT2D eigenvalue weighted by Crippen LogP contribution is 2.40. The molecule has 0 N–H and O–H groups in total. The molecule has 0 amide bonds. The van der Waals surface area contributed by atoms with Crippen LogP contribution < -0.4 is 5.46 Å². The molecule has 2 nitrogen and oxygen atoms in total. The van der Waals surface area contributed by atoms with Crippen molar-refractivity contribution in [1.29, 1.82) is 0 Å². The Balaban J connectivity index is 0.000000253. The lowest BCUT2D eigenvalue weighted by Gasteiger charge is -2.45. The van der Waals surface area contributed by atoms with Crippen LogP contribution in [-0.4, -0.2) is 26.0 Å². The van der Waals surface area contributed by atoms with Crippen molar-refractivity contribution in [3.63, 3.8) is 0 Å². The molecule has 1 aromatic heterocycles. The summed E-state index contributed by atoms with van der Waals surface area (Å²) in [5.41, 5.74) is 3.46. The number of nitrogens with zero attached hydrogens (tertiary/aromatic N) is 1. The second kappa shape index (κ2) is 9.47. The van der Waals surface area contributed by atoms with Gasteiger partial charge in [0.15, 0.2) is 0 Å². The van der Waals surface area contributed by atoms with Crippen LogP contribution in [0.15, 0.2) is 12.3 Å². The SMILES string of the molecule is CCC(C)CCCC1(C(C)C)COC1.[B]c1cnc(C)c(C)c1. The Morgan fingerprint density at radius 2 is 1.91 bits per heavy atom. The van der Waals surface area contributed by atoms with Crippen LogP contribution in [0.1, 0.15) is 64.6 Å². The highest BCUT2D eigenvalue weighted by molar-refractivity contribution is 6.32. The van der Waals surface area contributed by atoms with Gasteiger partial charge in [0.2, 0.25) is 0 Å². The molecule has 0 spiro atoms. The van der Waals surface area contributed by atoms with Crippen molar-refractivity contribution in [2.45, 2.75) is 67.2 Å². The van der Waals surface area contributed by atoms with Gasteiger partial charge >= 0.3 is 0 Å². The summed E-state index contributed by atoms with van der Waals surface area (Å²) >= 11 is 0. The number of aromatic nitrogens is 1. The fourth-order valence-corrected chi connectivity index (χ4v) is 2.80. The third-order valence-electron chi connectivity index (χ3n) is 5.43. The molecule has 0 aromatic carbocycles. The fraction of sp³-hybridized carbons (Fsp3) is 0.750. The number of pyridine rings is 1. The maximum Gasteiger partial charge on any atom is 0.115 e. The van der Waals surface area contributed by atoms with E-state index < -0.39 is 0 Å². The molecular formula is C20H34BNO. The minimum absolute atomic E-state index is 0.535. The molecule has 1 aromatic rings. The van der Waals surface area contributed by atoms with Crippen LogP contribution in [0.5, 0.6) is 0 Å². The van der Waals surface area contributed by atoms with Crippen LogP contribution in [-0.2, 0) is 4.74 Å². The van der Waals surface area contributed by atoms with Crippen molar-refractivity contribution in [3.05, 3.63) is 23.5 Å².